The van der Waals surface area contributed by atoms with Crippen LogP contribution in [0.25, 0.3) is 16.3 Å². The van der Waals surface area contributed by atoms with E-state index in [-0.39, 0.29) is 6.04 Å². The van der Waals surface area contributed by atoms with Crippen LogP contribution in [0.1, 0.15) is 29.8 Å². The minimum Gasteiger partial charge on any atom is -0.294 e. The van der Waals surface area contributed by atoms with Gasteiger partial charge in [0.25, 0.3) is 0 Å². The molecule has 0 amide bonds. The van der Waals surface area contributed by atoms with Gasteiger partial charge >= 0.3 is 0 Å². The fourth-order valence-corrected chi connectivity index (χ4v) is 3.92. The second-order valence-corrected chi connectivity index (χ2v) is 7.89. The standard InChI is InChI=1S/C22H23N5S/c1-16-4-6-19(7-5-16)22-25-20(13-28-22)12-26(3)17(2)18-8-10-21(11-9-18)27-15-23-14-24-27/h4-11,13-15,17H,12H2,1-3H3. The van der Waals surface area contributed by atoms with Crippen molar-refractivity contribution in [3.05, 3.63) is 83.4 Å². The molecule has 0 aliphatic heterocycles. The molecule has 0 saturated carbocycles. The van der Waals surface area contributed by atoms with E-state index in [1.54, 1.807) is 28.7 Å². The minimum absolute atomic E-state index is 0.286. The Hall–Kier alpha value is -2.83. The summed E-state index contributed by atoms with van der Waals surface area (Å²) >= 11 is 1.71. The zero-order valence-electron chi connectivity index (χ0n) is 16.3. The normalized spacial score (nSPS) is 12.4. The lowest BCUT2D eigenvalue weighted by Crippen LogP contribution is -2.22. The Kier molecular flexibility index (Phi) is 5.32. The topological polar surface area (TPSA) is 46.8 Å². The molecule has 0 saturated heterocycles. The van der Waals surface area contributed by atoms with Crippen LogP contribution in [0.3, 0.4) is 0 Å². The lowest BCUT2D eigenvalue weighted by atomic mass is 10.1. The molecule has 2 aromatic heterocycles. The molecular formula is C22H23N5S. The van der Waals surface area contributed by atoms with Gasteiger partial charge in [0.2, 0.25) is 0 Å². The highest BCUT2D eigenvalue weighted by atomic mass is 32.1. The Labute approximate surface area is 169 Å². The van der Waals surface area contributed by atoms with Crippen molar-refractivity contribution in [2.75, 3.05) is 7.05 Å². The van der Waals surface area contributed by atoms with Crippen LogP contribution in [0.5, 0.6) is 0 Å². The van der Waals surface area contributed by atoms with E-state index in [1.165, 1.54) is 16.7 Å². The van der Waals surface area contributed by atoms with Crippen LogP contribution in [0.15, 0.2) is 66.6 Å². The SMILES string of the molecule is Cc1ccc(-c2nc(CN(C)C(C)c3ccc(-n4cncn4)cc3)cs2)cc1. The van der Waals surface area contributed by atoms with Crippen LogP contribution < -0.4 is 0 Å². The summed E-state index contributed by atoms with van der Waals surface area (Å²) in [4.78, 5) is 11.1. The first kappa shape index (κ1) is 18.5. The molecule has 0 bridgehead atoms. The van der Waals surface area contributed by atoms with Gasteiger partial charge in [0.15, 0.2) is 0 Å². The molecule has 0 N–H and O–H groups in total. The summed E-state index contributed by atoms with van der Waals surface area (Å²) < 4.78 is 1.76. The summed E-state index contributed by atoms with van der Waals surface area (Å²) in [5, 5.41) is 7.41. The molecule has 0 aliphatic carbocycles. The van der Waals surface area contributed by atoms with Gasteiger partial charge in [0.05, 0.1) is 11.4 Å². The molecule has 2 aromatic carbocycles. The molecule has 1 atom stereocenters. The molecule has 4 rings (SSSR count). The lowest BCUT2D eigenvalue weighted by molar-refractivity contribution is 0.250. The molecule has 6 heteroatoms. The maximum Gasteiger partial charge on any atom is 0.138 e. The van der Waals surface area contributed by atoms with Crippen LogP contribution in [0, 0.1) is 6.92 Å². The van der Waals surface area contributed by atoms with Crippen molar-refractivity contribution in [3.8, 4) is 16.3 Å². The van der Waals surface area contributed by atoms with E-state index >= 15 is 0 Å². The largest absolute Gasteiger partial charge is 0.294 e. The summed E-state index contributed by atoms with van der Waals surface area (Å²) in [5.41, 5.74) is 5.83. The molecule has 0 fully saturated rings. The van der Waals surface area contributed by atoms with Crippen molar-refractivity contribution in [1.82, 2.24) is 24.6 Å². The lowest BCUT2D eigenvalue weighted by Gasteiger charge is -2.24. The summed E-state index contributed by atoms with van der Waals surface area (Å²) in [6.45, 7) is 5.14. The maximum absolute atomic E-state index is 4.83. The van der Waals surface area contributed by atoms with Crippen molar-refractivity contribution in [2.45, 2.75) is 26.4 Å². The third kappa shape index (κ3) is 4.03. The average molecular weight is 390 g/mol. The first-order chi connectivity index (χ1) is 13.6. The Morgan fingerprint density at radius 2 is 1.82 bits per heavy atom. The highest BCUT2D eigenvalue weighted by Crippen LogP contribution is 2.26. The number of aromatic nitrogens is 4. The van der Waals surface area contributed by atoms with Gasteiger partial charge < -0.3 is 0 Å². The van der Waals surface area contributed by atoms with Crippen molar-refractivity contribution >= 4 is 11.3 Å². The van der Waals surface area contributed by atoms with Gasteiger partial charge in [-0.2, -0.15) is 5.10 Å². The minimum atomic E-state index is 0.286. The van der Waals surface area contributed by atoms with E-state index in [0.717, 1.165) is 22.9 Å². The Bertz CT molecular complexity index is 1020. The third-order valence-corrected chi connectivity index (χ3v) is 5.92. The molecule has 5 nitrogen and oxygen atoms in total. The molecule has 28 heavy (non-hydrogen) atoms. The van der Waals surface area contributed by atoms with Crippen molar-refractivity contribution in [1.29, 1.82) is 0 Å². The molecule has 2 heterocycles. The smallest absolute Gasteiger partial charge is 0.138 e. The van der Waals surface area contributed by atoms with Gasteiger partial charge in [0, 0.05) is 23.5 Å². The molecule has 4 aromatic rings. The molecule has 1 unspecified atom stereocenters. The number of rotatable bonds is 6. The van der Waals surface area contributed by atoms with Crippen LogP contribution in [-0.2, 0) is 6.54 Å². The fraction of sp³-hybridized carbons (Fsp3) is 0.227. The Morgan fingerprint density at radius 3 is 2.50 bits per heavy atom. The predicted molar refractivity (Wildman–Crippen MR) is 114 cm³/mol. The van der Waals surface area contributed by atoms with Crippen molar-refractivity contribution in [3.63, 3.8) is 0 Å². The van der Waals surface area contributed by atoms with Crippen LogP contribution in [-0.4, -0.2) is 31.7 Å². The van der Waals surface area contributed by atoms with Crippen LogP contribution in [0.4, 0.5) is 0 Å². The van der Waals surface area contributed by atoms with Crippen molar-refractivity contribution in [2.24, 2.45) is 0 Å². The first-order valence-electron chi connectivity index (χ1n) is 9.27. The molecule has 0 radical (unpaired) electrons. The van der Waals surface area contributed by atoms with E-state index in [1.807, 2.05) is 0 Å². The summed E-state index contributed by atoms with van der Waals surface area (Å²) in [7, 11) is 2.14. The molecule has 142 valence electrons. The molecule has 0 aliphatic rings. The zero-order chi connectivity index (χ0) is 19.5. The summed E-state index contributed by atoms with van der Waals surface area (Å²) in [6, 6.07) is 17.3. The van der Waals surface area contributed by atoms with Gasteiger partial charge in [-0.3, -0.25) is 4.90 Å². The summed E-state index contributed by atoms with van der Waals surface area (Å²) in [6.07, 6.45) is 3.25. The second-order valence-electron chi connectivity index (χ2n) is 7.03. The van der Waals surface area contributed by atoms with E-state index in [0.29, 0.717) is 0 Å². The Morgan fingerprint density at radius 1 is 1.07 bits per heavy atom. The van der Waals surface area contributed by atoms with E-state index in [2.05, 4.69) is 89.8 Å². The molecular weight excluding hydrogens is 366 g/mol. The third-order valence-electron chi connectivity index (χ3n) is 4.98. The first-order valence-corrected chi connectivity index (χ1v) is 10.1. The van der Waals surface area contributed by atoms with E-state index in [4.69, 9.17) is 4.98 Å². The van der Waals surface area contributed by atoms with E-state index < -0.39 is 0 Å². The number of aryl methyl sites for hydroxylation is 1. The zero-order valence-corrected chi connectivity index (χ0v) is 17.1. The fourth-order valence-electron chi connectivity index (χ4n) is 3.10. The van der Waals surface area contributed by atoms with Gasteiger partial charge in [-0.05, 0) is 38.6 Å². The number of hydrogen-bond donors (Lipinski definition) is 0. The van der Waals surface area contributed by atoms with Crippen molar-refractivity contribution < 1.29 is 0 Å². The van der Waals surface area contributed by atoms with Crippen LogP contribution in [0.2, 0.25) is 0 Å². The van der Waals surface area contributed by atoms with Gasteiger partial charge in [0.1, 0.15) is 17.7 Å². The summed E-state index contributed by atoms with van der Waals surface area (Å²) in [5.74, 6) is 0. The number of hydrogen-bond acceptors (Lipinski definition) is 5. The highest BCUT2D eigenvalue weighted by Gasteiger charge is 2.14. The van der Waals surface area contributed by atoms with Crippen LogP contribution >= 0.6 is 11.3 Å². The number of thiazole rings is 1. The maximum atomic E-state index is 4.83. The quantitative estimate of drug-likeness (QED) is 0.471. The highest BCUT2D eigenvalue weighted by molar-refractivity contribution is 7.13. The average Bonchev–Trinajstić information content (AvgIpc) is 3.40. The van der Waals surface area contributed by atoms with Gasteiger partial charge in [-0.1, -0.05) is 42.0 Å². The second kappa shape index (κ2) is 8.04. The molecule has 0 spiro atoms. The predicted octanol–water partition coefficient (Wildman–Crippen LogP) is 4.89. The van der Waals surface area contributed by atoms with E-state index in [9.17, 15) is 0 Å². The van der Waals surface area contributed by atoms with Gasteiger partial charge in [-0.15, -0.1) is 11.3 Å². The van der Waals surface area contributed by atoms with Gasteiger partial charge in [-0.25, -0.2) is 14.6 Å². The monoisotopic (exact) mass is 389 g/mol. The number of nitrogens with zero attached hydrogens (tertiary/aromatic N) is 5. The Balaban J connectivity index is 1.43. The number of benzene rings is 2.